The highest BCUT2D eigenvalue weighted by atomic mass is 16.5. The lowest BCUT2D eigenvalue weighted by molar-refractivity contribution is -0.140. The van der Waals surface area contributed by atoms with E-state index in [0.717, 1.165) is 43.9 Å². The van der Waals surface area contributed by atoms with Crippen molar-refractivity contribution in [2.75, 3.05) is 43.0 Å². The highest BCUT2D eigenvalue weighted by Gasteiger charge is 2.43. The minimum atomic E-state index is -0.0515. The van der Waals surface area contributed by atoms with E-state index >= 15 is 0 Å². The fraction of sp³-hybridized carbons (Fsp3) is 0.611. The molecular weight excluding hydrogens is 290 g/mol. The maximum absolute atomic E-state index is 12.7. The first kappa shape index (κ1) is 14.8. The first-order valence-corrected chi connectivity index (χ1v) is 8.80. The molecule has 4 rings (SSSR count). The van der Waals surface area contributed by atoms with Gasteiger partial charge in [0.15, 0.2) is 0 Å². The van der Waals surface area contributed by atoms with Crippen LogP contribution in [0.1, 0.15) is 32.1 Å². The lowest BCUT2D eigenvalue weighted by Crippen LogP contribution is -2.57. The van der Waals surface area contributed by atoms with Crippen molar-refractivity contribution >= 4 is 17.4 Å². The summed E-state index contributed by atoms with van der Waals surface area (Å²) in [6.07, 6.45) is 5.85. The van der Waals surface area contributed by atoms with Crippen molar-refractivity contribution in [3.63, 3.8) is 0 Å². The average molecular weight is 315 g/mol. The molecule has 2 amide bonds. The van der Waals surface area contributed by atoms with Gasteiger partial charge < -0.3 is 19.9 Å². The molecule has 23 heavy (non-hydrogen) atoms. The Hall–Kier alpha value is -1.75. The first-order valence-electron chi connectivity index (χ1n) is 8.80. The number of nitrogens with one attached hydrogen (secondary N) is 1. The third kappa shape index (κ3) is 2.90. The van der Waals surface area contributed by atoms with Gasteiger partial charge in [0.1, 0.15) is 0 Å². The molecule has 2 saturated heterocycles. The van der Waals surface area contributed by atoms with E-state index in [2.05, 4.69) is 16.3 Å². The minimum Gasteiger partial charge on any atom is -0.371 e. The van der Waals surface area contributed by atoms with Crippen molar-refractivity contribution in [3.05, 3.63) is 24.3 Å². The number of rotatable bonds is 2. The van der Waals surface area contributed by atoms with Crippen LogP contribution in [0.15, 0.2) is 24.3 Å². The summed E-state index contributed by atoms with van der Waals surface area (Å²) in [5.41, 5.74) is 2.02. The highest BCUT2D eigenvalue weighted by Crippen LogP contribution is 2.38. The molecule has 3 fully saturated rings. The molecule has 5 heteroatoms. The van der Waals surface area contributed by atoms with E-state index < -0.39 is 0 Å². The molecule has 2 aliphatic heterocycles. The van der Waals surface area contributed by atoms with Crippen LogP contribution in [0.5, 0.6) is 0 Å². The second-order valence-electron chi connectivity index (χ2n) is 6.95. The molecule has 1 aromatic carbocycles. The molecule has 1 N–H and O–H groups in total. The first-order chi connectivity index (χ1) is 11.3. The Morgan fingerprint density at radius 1 is 1.09 bits per heavy atom. The fourth-order valence-corrected chi connectivity index (χ4v) is 3.90. The molecular formula is C18H25N3O2. The van der Waals surface area contributed by atoms with Gasteiger partial charge in [0, 0.05) is 19.6 Å². The van der Waals surface area contributed by atoms with Crippen LogP contribution in [0.4, 0.5) is 16.2 Å². The molecule has 1 aliphatic carbocycles. The largest absolute Gasteiger partial charge is 0.371 e. The van der Waals surface area contributed by atoms with E-state index in [9.17, 15) is 4.79 Å². The summed E-state index contributed by atoms with van der Waals surface area (Å²) < 4.78 is 5.91. The number of para-hydroxylation sites is 2. The van der Waals surface area contributed by atoms with Crippen LogP contribution < -0.4 is 10.2 Å². The van der Waals surface area contributed by atoms with Crippen LogP contribution in [-0.4, -0.2) is 49.3 Å². The average Bonchev–Trinajstić information content (AvgIpc) is 3.08. The lowest BCUT2D eigenvalue weighted by Gasteiger charge is -2.48. The van der Waals surface area contributed by atoms with E-state index in [4.69, 9.17) is 4.74 Å². The van der Waals surface area contributed by atoms with Crippen LogP contribution in [0.3, 0.4) is 0 Å². The van der Waals surface area contributed by atoms with Gasteiger partial charge in [-0.25, -0.2) is 4.79 Å². The van der Waals surface area contributed by atoms with Gasteiger partial charge in [-0.3, -0.25) is 0 Å². The number of benzene rings is 1. The number of hydrogen-bond donors (Lipinski definition) is 1. The van der Waals surface area contributed by atoms with Crippen molar-refractivity contribution in [3.8, 4) is 0 Å². The zero-order valence-electron chi connectivity index (χ0n) is 13.6. The molecule has 1 spiro atoms. The highest BCUT2D eigenvalue weighted by molar-refractivity contribution is 5.93. The summed E-state index contributed by atoms with van der Waals surface area (Å²) in [6, 6.07) is 8.15. The SMILES string of the molecule is O=C(Nc1ccccc1N1CCCC1)N1CCOC2(CCC2)C1. The van der Waals surface area contributed by atoms with E-state index in [1.54, 1.807) is 0 Å². The Morgan fingerprint density at radius 2 is 1.87 bits per heavy atom. The Labute approximate surface area is 137 Å². The van der Waals surface area contributed by atoms with Crippen molar-refractivity contribution in [2.45, 2.75) is 37.7 Å². The zero-order valence-corrected chi connectivity index (χ0v) is 13.6. The summed E-state index contributed by atoms with van der Waals surface area (Å²) in [6.45, 7) is 4.21. The summed E-state index contributed by atoms with van der Waals surface area (Å²) in [4.78, 5) is 17.0. The number of amides is 2. The standard InChI is InChI=1S/C18H25N3O2/c22-17(21-12-13-23-18(14-21)8-5-9-18)19-15-6-1-2-7-16(15)20-10-3-4-11-20/h1-2,6-7H,3-5,8-14H2,(H,19,22). The van der Waals surface area contributed by atoms with Gasteiger partial charge in [-0.2, -0.15) is 0 Å². The molecule has 0 unspecified atom stereocenters. The molecule has 2 heterocycles. The van der Waals surface area contributed by atoms with Crippen molar-refractivity contribution < 1.29 is 9.53 Å². The van der Waals surface area contributed by atoms with Crippen LogP contribution in [-0.2, 0) is 4.74 Å². The number of hydrogen-bond acceptors (Lipinski definition) is 3. The topological polar surface area (TPSA) is 44.8 Å². The molecule has 1 saturated carbocycles. The maximum atomic E-state index is 12.7. The molecule has 0 atom stereocenters. The van der Waals surface area contributed by atoms with Gasteiger partial charge in [0.25, 0.3) is 0 Å². The zero-order chi connectivity index (χ0) is 15.7. The maximum Gasteiger partial charge on any atom is 0.322 e. The number of ether oxygens (including phenoxy) is 1. The lowest BCUT2D eigenvalue weighted by atomic mass is 9.79. The van der Waals surface area contributed by atoms with E-state index in [0.29, 0.717) is 13.2 Å². The van der Waals surface area contributed by atoms with Gasteiger partial charge in [-0.1, -0.05) is 12.1 Å². The molecule has 0 bridgehead atoms. The van der Waals surface area contributed by atoms with Crippen LogP contribution in [0.2, 0.25) is 0 Å². The van der Waals surface area contributed by atoms with Gasteiger partial charge in [-0.15, -0.1) is 0 Å². The van der Waals surface area contributed by atoms with Gasteiger partial charge in [0.05, 0.1) is 30.1 Å². The van der Waals surface area contributed by atoms with Gasteiger partial charge in [-0.05, 0) is 44.2 Å². The van der Waals surface area contributed by atoms with Crippen LogP contribution >= 0.6 is 0 Å². The summed E-state index contributed by atoms with van der Waals surface area (Å²) in [7, 11) is 0. The Balaban J connectivity index is 1.46. The summed E-state index contributed by atoms with van der Waals surface area (Å²) >= 11 is 0. The van der Waals surface area contributed by atoms with E-state index in [-0.39, 0.29) is 11.6 Å². The monoisotopic (exact) mass is 315 g/mol. The molecule has 1 aromatic rings. The third-order valence-corrected chi connectivity index (χ3v) is 5.39. The summed E-state index contributed by atoms with van der Waals surface area (Å²) in [5.74, 6) is 0. The number of carbonyl (C=O) groups excluding carboxylic acids is 1. The normalized spacial score (nSPS) is 23.0. The van der Waals surface area contributed by atoms with Gasteiger partial charge >= 0.3 is 6.03 Å². The number of urea groups is 1. The predicted molar refractivity (Wildman–Crippen MR) is 91.0 cm³/mol. The molecule has 5 nitrogen and oxygen atoms in total. The van der Waals surface area contributed by atoms with Crippen LogP contribution in [0.25, 0.3) is 0 Å². The quantitative estimate of drug-likeness (QED) is 0.912. The Bertz CT molecular complexity index is 579. The van der Waals surface area contributed by atoms with Crippen molar-refractivity contribution in [1.29, 1.82) is 0 Å². The Morgan fingerprint density at radius 3 is 2.61 bits per heavy atom. The number of anilines is 2. The minimum absolute atomic E-state index is 0.00576. The molecule has 0 aromatic heterocycles. The molecule has 124 valence electrons. The van der Waals surface area contributed by atoms with Crippen molar-refractivity contribution in [1.82, 2.24) is 4.90 Å². The van der Waals surface area contributed by atoms with Gasteiger partial charge in [0.2, 0.25) is 0 Å². The predicted octanol–water partition coefficient (Wildman–Crippen LogP) is 3.07. The third-order valence-electron chi connectivity index (χ3n) is 5.39. The molecule has 0 radical (unpaired) electrons. The van der Waals surface area contributed by atoms with Crippen LogP contribution in [0, 0.1) is 0 Å². The fourth-order valence-electron chi connectivity index (χ4n) is 3.90. The smallest absolute Gasteiger partial charge is 0.322 e. The number of carbonyl (C=O) groups is 1. The van der Waals surface area contributed by atoms with E-state index in [1.807, 2.05) is 23.1 Å². The second kappa shape index (κ2) is 6.04. The van der Waals surface area contributed by atoms with E-state index in [1.165, 1.54) is 19.3 Å². The summed E-state index contributed by atoms with van der Waals surface area (Å²) in [5, 5.41) is 3.13. The Kier molecular flexibility index (Phi) is 3.89. The number of nitrogens with zero attached hydrogens (tertiary/aromatic N) is 2. The molecule has 3 aliphatic rings. The number of morpholine rings is 1. The van der Waals surface area contributed by atoms with Crippen molar-refractivity contribution in [2.24, 2.45) is 0 Å². The second-order valence-corrected chi connectivity index (χ2v) is 6.95.